The molecule has 104 valence electrons. The zero-order chi connectivity index (χ0) is 13.2. The number of urea groups is 1. The lowest BCUT2D eigenvalue weighted by Crippen LogP contribution is -2.50. The van der Waals surface area contributed by atoms with E-state index in [4.69, 9.17) is 0 Å². The Morgan fingerprint density at radius 1 is 1.33 bits per heavy atom. The van der Waals surface area contributed by atoms with Gasteiger partial charge in [0.25, 0.3) is 0 Å². The number of rotatable bonds is 3. The van der Waals surface area contributed by atoms with Crippen LogP contribution in [-0.2, 0) is 0 Å². The molecule has 0 bridgehead atoms. The van der Waals surface area contributed by atoms with Crippen molar-refractivity contribution in [3.8, 4) is 0 Å². The second-order valence-corrected chi connectivity index (χ2v) is 6.48. The summed E-state index contributed by atoms with van der Waals surface area (Å²) in [6, 6.07) is 0.757. The van der Waals surface area contributed by atoms with Crippen LogP contribution in [0.3, 0.4) is 0 Å². The summed E-state index contributed by atoms with van der Waals surface area (Å²) < 4.78 is 0. The molecule has 1 heterocycles. The summed E-state index contributed by atoms with van der Waals surface area (Å²) in [6.45, 7) is 5.32. The van der Waals surface area contributed by atoms with Crippen LogP contribution < -0.4 is 5.32 Å². The first-order valence-electron chi connectivity index (χ1n) is 7.20. The van der Waals surface area contributed by atoms with Crippen LogP contribution >= 0.6 is 0 Å². The van der Waals surface area contributed by atoms with E-state index < -0.39 is 0 Å². The fourth-order valence-corrected chi connectivity index (χ4v) is 2.91. The van der Waals surface area contributed by atoms with Crippen molar-refractivity contribution in [3.63, 3.8) is 0 Å². The van der Waals surface area contributed by atoms with Crippen LogP contribution in [0.5, 0.6) is 0 Å². The number of nitrogens with one attached hydrogen (secondary N) is 1. The maximum absolute atomic E-state index is 11.8. The second kappa shape index (κ2) is 5.47. The molecule has 0 atom stereocenters. The van der Waals surface area contributed by atoms with Crippen LogP contribution in [0.2, 0.25) is 0 Å². The van der Waals surface area contributed by atoms with Crippen LogP contribution in [0.15, 0.2) is 0 Å². The summed E-state index contributed by atoms with van der Waals surface area (Å²) in [4.78, 5) is 15.4. The van der Waals surface area contributed by atoms with Crippen molar-refractivity contribution in [3.05, 3.63) is 0 Å². The Kier molecular flexibility index (Phi) is 4.15. The van der Waals surface area contributed by atoms with Gasteiger partial charge in [-0.3, -0.25) is 0 Å². The zero-order valence-electron chi connectivity index (χ0n) is 12.0. The molecule has 1 aliphatic carbocycles. The van der Waals surface area contributed by atoms with E-state index in [9.17, 15) is 4.79 Å². The van der Waals surface area contributed by atoms with Crippen LogP contribution in [-0.4, -0.2) is 55.6 Å². The molecule has 18 heavy (non-hydrogen) atoms. The maximum atomic E-state index is 11.8. The van der Waals surface area contributed by atoms with Crippen molar-refractivity contribution in [1.29, 1.82) is 0 Å². The van der Waals surface area contributed by atoms with Gasteiger partial charge in [-0.25, -0.2) is 4.79 Å². The highest BCUT2D eigenvalue weighted by atomic mass is 16.2. The first-order chi connectivity index (χ1) is 8.50. The first-order valence-corrected chi connectivity index (χ1v) is 7.20. The highest BCUT2D eigenvalue weighted by Gasteiger charge is 2.32. The number of carbonyl (C=O) groups is 1. The number of carbonyl (C=O) groups excluding carboxylic acids is 1. The van der Waals surface area contributed by atoms with E-state index in [0.29, 0.717) is 11.5 Å². The Labute approximate surface area is 111 Å². The van der Waals surface area contributed by atoms with Crippen LogP contribution in [0.4, 0.5) is 4.79 Å². The molecule has 0 aromatic rings. The predicted octanol–water partition coefficient (Wildman–Crippen LogP) is 1.91. The molecule has 1 saturated heterocycles. The summed E-state index contributed by atoms with van der Waals surface area (Å²) in [5.41, 5.74) is 0.552. The van der Waals surface area contributed by atoms with Gasteiger partial charge in [-0.15, -0.1) is 0 Å². The van der Waals surface area contributed by atoms with Gasteiger partial charge >= 0.3 is 6.03 Å². The third kappa shape index (κ3) is 3.16. The van der Waals surface area contributed by atoms with Gasteiger partial charge in [0, 0.05) is 39.8 Å². The highest BCUT2D eigenvalue weighted by molar-refractivity contribution is 5.73. The summed E-state index contributed by atoms with van der Waals surface area (Å²) >= 11 is 0. The third-order valence-electron chi connectivity index (χ3n) is 4.53. The predicted molar refractivity (Wildman–Crippen MR) is 73.6 cm³/mol. The van der Waals surface area contributed by atoms with E-state index >= 15 is 0 Å². The number of amides is 2. The normalized spacial score (nSPS) is 23.6. The second-order valence-electron chi connectivity index (χ2n) is 6.48. The summed E-state index contributed by atoms with van der Waals surface area (Å²) in [6.07, 6.45) is 6.33. The maximum Gasteiger partial charge on any atom is 0.319 e. The Balaban J connectivity index is 1.68. The molecule has 2 aliphatic rings. The molecule has 4 nitrogen and oxygen atoms in total. The number of hydrogen-bond donors (Lipinski definition) is 1. The molecule has 0 radical (unpaired) electrons. The van der Waals surface area contributed by atoms with Gasteiger partial charge in [-0.1, -0.05) is 13.3 Å². The smallest absolute Gasteiger partial charge is 0.319 e. The third-order valence-corrected chi connectivity index (χ3v) is 4.53. The highest BCUT2D eigenvalue weighted by Crippen LogP contribution is 2.39. The number of hydrogen-bond acceptors (Lipinski definition) is 2. The number of likely N-dealkylation sites (tertiary alicyclic amines) is 1. The van der Waals surface area contributed by atoms with Crippen molar-refractivity contribution in [2.45, 2.75) is 45.1 Å². The number of piperidine rings is 1. The summed E-state index contributed by atoms with van der Waals surface area (Å²) in [5, 5.41) is 3.70. The SMILES string of the molecule is CN(C)C(=O)N1CCC(NCC2(C)CCC2)CC1. The largest absolute Gasteiger partial charge is 0.331 e. The van der Waals surface area contributed by atoms with Crippen LogP contribution in [0.1, 0.15) is 39.0 Å². The lowest BCUT2D eigenvalue weighted by molar-refractivity contribution is 0.129. The molecule has 0 aromatic heterocycles. The van der Waals surface area contributed by atoms with E-state index in [1.165, 1.54) is 19.3 Å². The lowest BCUT2D eigenvalue weighted by Gasteiger charge is -2.41. The summed E-state index contributed by atoms with van der Waals surface area (Å²) in [5.74, 6) is 0. The van der Waals surface area contributed by atoms with Crippen LogP contribution in [0.25, 0.3) is 0 Å². The van der Waals surface area contributed by atoms with Crippen LogP contribution in [0, 0.1) is 5.41 Å². The van der Waals surface area contributed by atoms with Gasteiger partial charge < -0.3 is 15.1 Å². The van der Waals surface area contributed by atoms with E-state index in [0.717, 1.165) is 32.5 Å². The Morgan fingerprint density at radius 2 is 1.94 bits per heavy atom. The molecule has 1 aliphatic heterocycles. The molecule has 2 fully saturated rings. The summed E-state index contributed by atoms with van der Waals surface area (Å²) in [7, 11) is 3.65. The molecule has 2 rings (SSSR count). The first kappa shape index (κ1) is 13.7. The van der Waals surface area contributed by atoms with Gasteiger partial charge in [0.05, 0.1) is 0 Å². The van der Waals surface area contributed by atoms with E-state index in [-0.39, 0.29) is 6.03 Å². The molecule has 4 heteroatoms. The standard InChI is InChI=1S/C14H27N3O/c1-14(7-4-8-14)11-15-12-5-9-17(10-6-12)13(18)16(2)3/h12,15H,4-11H2,1-3H3. The van der Waals surface area contributed by atoms with E-state index in [2.05, 4.69) is 12.2 Å². The van der Waals surface area contributed by atoms with Gasteiger partial charge in [-0.2, -0.15) is 0 Å². The van der Waals surface area contributed by atoms with Crippen molar-refractivity contribution >= 4 is 6.03 Å². The Hall–Kier alpha value is -0.770. The van der Waals surface area contributed by atoms with Gasteiger partial charge in [-0.05, 0) is 31.1 Å². The molecule has 0 unspecified atom stereocenters. The minimum atomic E-state index is 0.152. The van der Waals surface area contributed by atoms with Crippen molar-refractivity contribution in [2.24, 2.45) is 5.41 Å². The molecular weight excluding hydrogens is 226 g/mol. The molecular formula is C14H27N3O. The van der Waals surface area contributed by atoms with Crippen molar-refractivity contribution in [1.82, 2.24) is 15.1 Å². The van der Waals surface area contributed by atoms with Gasteiger partial charge in [0.15, 0.2) is 0 Å². The monoisotopic (exact) mass is 253 g/mol. The molecule has 2 amide bonds. The fourth-order valence-electron chi connectivity index (χ4n) is 2.91. The minimum absolute atomic E-state index is 0.152. The van der Waals surface area contributed by atoms with E-state index in [1.807, 2.05) is 19.0 Å². The van der Waals surface area contributed by atoms with Gasteiger partial charge in [0.1, 0.15) is 0 Å². The Morgan fingerprint density at radius 3 is 2.39 bits per heavy atom. The zero-order valence-corrected chi connectivity index (χ0v) is 12.0. The molecule has 0 aromatic carbocycles. The molecule has 1 saturated carbocycles. The quantitative estimate of drug-likeness (QED) is 0.834. The average Bonchev–Trinajstić information content (AvgIpc) is 2.33. The van der Waals surface area contributed by atoms with Crippen molar-refractivity contribution in [2.75, 3.05) is 33.7 Å². The lowest BCUT2D eigenvalue weighted by atomic mass is 9.70. The van der Waals surface area contributed by atoms with Gasteiger partial charge in [0.2, 0.25) is 0 Å². The van der Waals surface area contributed by atoms with Crippen molar-refractivity contribution < 1.29 is 4.79 Å². The average molecular weight is 253 g/mol. The molecule has 0 spiro atoms. The topological polar surface area (TPSA) is 35.6 Å². The fraction of sp³-hybridized carbons (Fsp3) is 0.929. The molecule has 1 N–H and O–H groups in total. The minimum Gasteiger partial charge on any atom is -0.331 e. The Bertz CT molecular complexity index is 291. The van der Waals surface area contributed by atoms with E-state index in [1.54, 1.807) is 4.90 Å². The number of nitrogens with zero attached hydrogens (tertiary/aromatic N) is 2.